The monoisotopic (exact) mass is 288 g/mol. The normalized spacial score (nSPS) is 12.1. The van der Waals surface area contributed by atoms with Gasteiger partial charge in [-0.1, -0.05) is 25.1 Å². The molecule has 0 saturated carbocycles. The number of rotatable bonds is 4. The van der Waals surface area contributed by atoms with Gasteiger partial charge in [-0.2, -0.15) is 0 Å². The van der Waals surface area contributed by atoms with Crippen molar-refractivity contribution in [2.75, 3.05) is 6.54 Å². The van der Waals surface area contributed by atoms with Gasteiger partial charge in [-0.3, -0.25) is 14.4 Å². The molecule has 2 N–H and O–H groups in total. The lowest BCUT2D eigenvalue weighted by Gasteiger charge is -2.11. The lowest BCUT2D eigenvalue weighted by molar-refractivity contribution is -0.140. The van der Waals surface area contributed by atoms with Crippen molar-refractivity contribution >= 4 is 22.8 Å². The van der Waals surface area contributed by atoms with E-state index in [1.165, 1.54) is 17.6 Å². The van der Waals surface area contributed by atoms with E-state index in [4.69, 9.17) is 5.11 Å². The summed E-state index contributed by atoms with van der Waals surface area (Å²) in [5.74, 6) is -2.12. The molecule has 0 aliphatic heterocycles. The molecule has 1 aromatic heterocycles. The van der Waals surface area contributed by atoms with Gasteiger partial charge in [-0.05, 0) is 6.07 Å². The summed E-state index contributed by atoms with van der Waals surface area (Å²) < 4.78 is 1.46. The van der Waals surface area contributed by atoms with Crippen molar-refractivity contribution < 1.29 is 14.7 Å². The van der Waals surface area contributed by atoms with Crippen molar-refractivity contribution in [3.05, 3.63) is 46.2 Å². The van der Waals surface area contributed by atoms with E-state index in [0.29, 0.717) is 10.9 Å². The maximum atomic E-state index is 12.2. The van der Waals surface area contributed by atoms with E-state index in [-0.39, 0.29) is 17.7 Å². The molecule has 1 aromatic carbocycles. The quantitative estimate of drug-likeness (QED) is 0.878. The largest absolute Gasteiger partial charge is 0.481 e. The second-order valence-electron chi connectivity index (χ2n) is 4.92. The molecule has 0 aliphatic carbocycles. The van der Waals surface area contributed by atoms with Gasteiger partial charge < -0.3 is 15.0 Å². The van der Waals surface area contributed by atoms with Crippen LogP contribution in [0.25, 0.3) is 10.9 Å². The van der Waals surface area contributed by atoms with Gasteiger partial charge in [0.1, 0.15) is 0 Å². The minimum atomic E-state index is -0.982. The Kier molecular flexibility index (Phi) is 4.07. The number of amides is 1. The second-order valence-corrected chi connectivity index (χ2v) is 4.92. The maximum absolute atomic E-state index is 12.2. The predicted molar refractivity (Wildman–Crippen MR) is 78.3 cm³/mol. The summed E-state index contributed by atoms with van der Waals surface area (Å²) in [6, 6.07) is 8.35. The fourth-order valence-electron chi connectivity index (χ4n) is 2.03. The van der Waals surface area contributed by atoms with Crippen molar-refractivity contribution in [2.45, 2.75) is 6.92 Å². The molecule has 110 valence electrons. The second kappa shape index (κ2) is 5.78. The maximum Gasteiger partial charge on any atom is 0.308 e. The van der Waals surface area contributed by atoms with Crippen LogP contribution >= 0.6 is 0 Å². The van der Waals surface area contributed by atoms with Crippen LogP contribution in [0.3, 0.4) is 0 Å². The first kappa shape index (κ1) is 14.8. The van der Waals surface area contributed by atoms with Crippen molar-refractivity contribution in [1.82, 2.24) is 9.88 Å². The van der Waals surface area contributed by atoms with Crippen molar-refractivity contribution in [3.63, 3.8) is 0 Å². The van der Waals surface area contributed by atoms with E-state index in [9.17, 15) is 14.4 Å². The lowest BCUT2D eigenvalue weighted by atomic mass is 10.1. The van der Waals surface area contributed by atoms with E-state index in [1.54, 1.807) is 31.3 Å². The van der Waals surface area contributed by atoms with Crippen LogP contribution in [0.2, 0.25) is 0 Å². The van der Waals surface area contributed by atoms with Gasteiger partial charge in [0.05, 0.1) is 17.0 Å². The average Bonchev–Trinajstić information content (AvgIpc) is 2.48. The van der Waals surface area contributed by atoms with Gasteiger partial charge >= 0.3 is 5.97 Å². The molecule has 0 aliphatic rings. The van der Waals surface area contributed by atoms with Crippen LogP contribution in [0.4, 0.5) is 0 Å². The van der Waals surface area contributed by atoms with Gasteiger partial charge in [0, 0.05) is 25.0 Å². The Labute approximate surface area is 121 Å². The number of carbonyl (C=O) groups is 2. The number of fused-ring (bicyclic) bond motifs is 1. The highest BCUT2D eigenvalue weighted by Crippen LogP contribution is 2.16. The van der Waals surface area contributed by atoms with Gasteiger partial charge in [-0.15, -0.1) is 0 Å². The van der Waals surface area contributed by atoms with Crippen LogP contribution in [-0.4, -0.2) is 28.1 Å². The molecule has 21 heavy (non-hydrogen) atoms. The molecular weight excluding hydrogens is 272 g/mol. The number of pyridine rings is 1. The Morgan fingerprint density at radius 3 is 2.67 bits per heavy atom. The SMILES string of the molecule is CC(CNC(=O)c1cc(=O)n(C)c2ccccc12)C(=O)O. The summed E-state index contributed by atoms with van der Waals surface area (Å²) in [5.41, 5.74) is 0.623. The highest BCUT2D eigenvalue weighted by molar-refractivity contribution is 6.06. The van der Waals surface area contributed by atoms with E-state index in [1.807, 2.05) is 0 Å². The Hall–Kier alpha value is -2.63. The Morgan fingerprint density at radius 1 is 1.33 bits per heavy atom. The number of aromatic nitrogens is 1. The third kappa shape index (κ3) is 2.94. The van der Waals surface area contributed by atoms with Crippen LogP contribution in [0.15, 0.2) is 35.1 Å². The van der Waals surface area contributed by atoms with Crippen molar-refractivity contribution in [1.29, 1.82) is 0 Å². The molecule has 1 heterocycles. The number of aliphatic carboxylic acids is 1. The number of nitrogens with zero attached hydrogens (tertiary/aromatic N) is 1. The van der Waals surface area contributed by atoms with Gasteiger partial charge in [0.25, 0.3) is 11.5 Å². The number of carboxylic acids is 1. The fourth-order valence-corrected chi connectivity index (χ4v) is 2.03. The molecule has 6 heteroatoms. The zero-order chi connectivity index (χ0) is 15.6. The summed E-state index contributed by atoms with van der Waals surface area (Å²) in [6.07, 6.45) is 0. The zero-order valence-corrected chi connectivity index (χ0v) is 11.8. The van der Waals surface area contributed by atoms with E-state index < -0.39 is 17.8 Å². The van der Waals surface area contributed by atoms with Crippen molar-refractivity contribution in [2.24, 2.45) is 13.0 Å². The number of carboxylic acid groups (broad SMARTS) is 1. The third-order valence-electron chi connectivity index (χ3n) is 3.39. The number of hydrogen-bond donors (Lipinski definition) is 2. The van der Waals surface area contributed by atoms with Crippen LogP contribution in [0, 0.1) is 5.92 Å². The van der Waals surface area contributed by atoms with Crippen LogP contribution in [0.5, 0.6) is 0 Å². The molecule has 0 radical (unpaired) electrons. The molecular formula is C15H16N2O4. The molecule has 2 rings (SSSR count). The summed E-state index contributed by atoms with van der Waals surface area (Å²) in [6.45, 7) is 1.52. The highest BCUT2D eigenvalue weighted by atomic mass is 16.4. The van der Waals surface area contributed by atoms with Crippen LogP contribution in [-0.2, 0) is 11.8 Å². The predicted octanol–water partition coefficient (Wildman–Crippen LogP) is 0.989. The molecule has 0 saturated heterocycles. The average molecular weight is 288 g/mol. The lowest BCUT2D eigenvalue weighted by Crippen LogP contribution is -2.32. The number of hydrogen-bond acceptors (Lipinski definition) is 3. The van der Waals surface area contributed by atoms with Gasteiger partial charge in [0.2, 0.25) is 0 Å². The van der Waals surface area contributed by atoms with Crippen LogP contribution in [0.1, 0.15) is 17.3 Å². The zero-order valence-electron chi connectivity index (χ0n) is 11.8. The Bertz CT molecular complexity index is 764. The number of carbonyl (C=O) groups excluding carboxylic acids is 1. The minimum Gasteiger partial charge on any atom is -0.481 e. The summed E-state index contributed by atoms with van der Waals surface area (Å²) in [7, 11) is 1.64. The van der Waals surface area contributed by atoms with Crippen molar-refractivity contribution in [3.8, 4) is 0 Å². The number of nitrogens with one attached hydrogen (secondary N) is 1. The molecule has 6 nitrogen and oxygen atoms in total. The molecule has 1 amide bonds. The highest BCUT2D eigenvalue weighted by Gasteiger charge is 2.16. The van der Waals surface area contributed by atoms with E-state index in [2.05, 4.69) is 5.32 Å². The first-order valence-electron chi connectivity index (χ1n) is 6.51. The summed E-state index contributed by atoms with van der Waals surface area (Å²) >= 11 is 0. The van der Waals surface area contributed by atoms with Gasteiger partial charge in [0.15, 0.2) is 0 Å². The molecule has 0 fully saturated rings. The number of para-hydroxylation sites is 1. The van der Waals surface area contributed by atoms with Gasteiger partial charge in [-0.25, -0.2) is 0 Å². The molecule has 1 unspecified atom stereocenters. The molecule has 0 bridgehead atoms. The molecule has 1 atom stereocenters. The fraction of sp³-hybridized carbons (Fsp3) is 0.267. The number of benzene rings is 1. The Balaban J connectivity index is 2.38. The number of aryl methyl sites for hydroxylation is 1. The summed E-state index contributed by atoms with van der Waals surface area (Å²) in [4.78, 5) is 34.8. The standard InChI is InChI=1S/C15H16N2O4/c1-9(15(20)21)8-16-14(19)11-7-13(18)17(2)12-6-4-3-5-10(11)12/h3-7,9H,8H2,1-2H3,(H,16,19)(H,20,21). The van der Waals surface area contributed by atoms with E-state index >= 15 is 0 Å². The first-order valence-corrected chi connectivity index (χ1v) is 6.51. The molecule has 2 aromatic rings. The Morgan fingerprint density at radius 2 is 2.00 bits per heavy atom. The molecule has 0 spiro atoms. The first-order chi connectivity index (χ1) is 9.91. The third-order valence-corrected chi connectivity index (χ3v) is 3.39. The van der Waals surface area contributed by atoms with Crippen LogP contribution < -0.4 is 10.9 Å². The smallest absolute Gasteiger partial charge is 0.308 e. The minimum absolute atomic E-state index is 0.0116. The summed E-state index contributed by atoms with van der Waals surface area (Å²) in [5, 5.41) is 12.0. The van der Waals surface area contributed by atoms with E-state index in [0.717, 1.165) is 0 Å². The topological polar surface area (TPSA) is 88.4 Å².